The molecule has 0 saturated carbocycles. The Labute approximate surface area is 95.2 Å². The molecule has 1 saturated heterocycles. The largest absolute Gasteiger partial charge is 0.337 e. The second kappa shape index (κ2) is 4.65. The van der Waals surface area contributed by atoms with Crippen LogP contribution in [0.15, 0.2) is 0 Å². The monoisotopic (exact) mass is 222 g/mol. The number of aryl methyl sites for hydroxylation is 2. The zero-order valence-corrected chi connectivity index (χ0v) is 9.84. The van der Waals surface area contributed by atoms with Gasteiger partial charge in [0.25, 0.3) is 5.91 Å². The van der Waals surface area contributed by atoms with Gasteiger partial charge in [0.1, 0.15) is 0 Å². The number of hydrogen-bond acceptors (Lipinski definition) is 3. The number of H-pyrrole nitrogens is 1. The molecular formula is C11H18N4O. The Morgan fingerprint density at radius 2 is 2.12 bits per heavy atom. The molecule has 1 aliphatic heterocycles. The lowest BCUT2D eigenvalue weighted by atomic mass is 10.1. The standard InChI is InChI=1S/C11H18N4O/c1-8-10(9(2)14-13-8)11(16)15-6-3-4-12-5-7-15/h12H,3-7H2,1-2H3,(H,13,14). The van der Waals surface area contributed by atoms with Gasteiger partial charge in [-0.2, -0.15) is 5.10 Å². The second-order valence-corrected chi connectivity index (χ2v) is 4.20. The number of amides is 1. The van der Waals surface area contributed by atoms with Crippen molar-refractivity contribution in [3.8, 4) is 0 Å². The lowest BCUT2D eigenvalue weighted by Crippen LogP contribution is -2.34. The minimum atomic E-state index is 0.104. The van der Waals surface area contributed by atoms with Crippen LogP contribution in [0.3, 0.4) is 0 Å². The maximum atomic E-state index is 12.3. The van der Waals surface area contributed by atoms with E-state index in [0.717, 1.165) is 49.6 Å². The average molecular weight is 222 g/mol. The molecule has 0 unspecified atom stereocenters. The number of nitrogens with one attached hydrogen (secondary N) is 2. The Balaban J connectivity index is 2.17. The van der Waals surface area contributed by atoms with E-state index in [0.29, 0.717) is 0 Å². The molecule has 2 heterocycles. The highest BCUT2D eigenvalue weighted by atomic mass is 16.2. The molecule has 88 valence electrons. The van der Waals surface area contributed by atoms with Crippen molar-refractivity contribution < 1.29 is 4.79 Å². The minimum Gasteiger partial charge on any atom is -0.337 e. The first-order chi connectivity index (χ1) is 7.70. The van der Waals surface area contributed by atoms with Crippen molar-refractivity contribution in [3.63, 3.8) is 0 Å². The highest BCUT2D eigenvalue weighted by molar-refractivity contribution is 5.96. The fourth-order valence-corrected chi connectivity index (χ4v) is 2.07. The molecule has 0 aliphatic carbocycles. The van der Waals surface area contributed by atoms with Crippen molar-refractivity contribution in [2.45, 2.75) is 20.3 Å². The summed E-state index contributed by atoms with van der Waals surface area (Å²) in [6, 6.07) is 0. The van der Waals surface area contributed by atoms with Gasteiger partial charge in [-0.05, 0) is 26.8 Å². The lowest BCUT2D eigenvalue weighted by molar-refractivity contribution is 0.0765. The summed E-state index contributed by atoms with van der Waals surface area (Å²) >= 11 is 0. The van der Waals surface area contributed by atoms with E-state index in [4.69, 9.17) is 0 Å². The molecule has 5 nitrogen and oxygen atoms in total. The first kappa shape index (κ1) is 11.1. The van der Waals surface area contributed by atoms with Crippen molar-refractivity contribution in [2.75, 3.05) is 26.2 Å². The molecule has 1 fully saturated rings. The predicted octanol–water partition coefficient (Wildman–Crippen LogP) is 0.462. The summed E-state index contributed by atoms with van der Waals surface area (Å²) in [4.78, 5) is 14.2. The van der Waals surface area contributed by atoms with Gasteiger partial charge >= 0.3 is 0 Å². The SMILES string of the molecule is Cc1n[nH]c(C)c1C(=O)N1CCCNCC1. The Bertz CT molecular complexity index is 358. The van der Waals surface area contributed by atoms with Gasteiger partial charge in [-0.15, -0.1) is 0 Å². The molecule has 0 aromatic carbocycles. The molecule has 16 heavy (non-hydrogen) atoms. The van der Waals surface area contributed by atoms with Crippen LogP contribution in [-0.2, 0) is 0 Å². The van der Waals surface area contributed by atoms with Crippen LogP contribution in [0.2, 0.25) is 0 Å². The van der Waals surface area contributed by atoms with Crippen molar-refractivity contribution in [2.24, 2.45) is 0 Å². The third-order valence-corrected chi connectivity index (χ3v) is 2.97. The molecule has 1 amide bonds. The van der Waals surface area contributed by atoms with Crippen LogP contribution in [0, 0.1) is 13.8 Å². The Morgan fingerprint density at radius 3 is 2.81 bits per heavy atom. The summed E-state index contributed by atoms with van der Waals surface area (Å²) in [5, 5.41) is 10.2. The molecule has 1 aromatic rings. The third kappa shape index (κ3) is 2.09. The zero-order valence-electron chi connectivity index (χ0n) is 9.84. The molecule has 0 bridgehead atoms. The maximum Gasteiger partial charge on any atom is 0.257 e. The van der Waals surface area contributed by atoms with Crippen LogP contribution in [0.25, 0.3) is 0 Å². The van der Waals surface area contributed by atoms with Gasteiger partial charge in [0.15, 0.2) is 0 Å². The van der Waals surface area contributed by atoms with E-state index < -0.39 is 0 Å². The van der Waals surface area contributed by atoms with Crippen LogP contribution in [0.4, 0.5) is 0 Å². The molecule has 0 atom stereocenters. The van der Waals surface area contributed by atoms with E-state index in [1.807, 2.05) is 18.7 Å². The highest BCUT2D eigenvalue weighted by Crippen LogP contribution is 2.13. The van der Waals surface area contributed by atoms with Crippen LogP contribution in [0.5, 0.6) is 0 Å². The smallest absolute Gasteiger partial charge is 0.257 e. The van der Waals surface area contributed by atoms with Crippen molar-refractivity contribution in [1.29, 1.82) is 0 Å². The van der Waals surface area contributed by atoms with Crippen molar-refractivity contribution in [1.82, 2.24) is 20.4 Å². The first-order valence-corrected chi connectivity index (χ1v) is 5.71. The van der Waals surface area contributed by atoms with Gasteiger partial charge in [-0.1, -0.05) is 0 Å². The fourth-order valence-electron chi connectivity index (χ4n) is 2.07. The molecule has 0 radical (unpaired) electrons. The lowest BCUT2D eigenvalue weighted by Gasteiger charge is -2.19. The van der Waals surface area contributed by atoms with E-state index in [1.54, 1.807) is 0 Å². The first-order valence-electron chi connectivity index (χ1n) is 5.71. The average Bonchev–Trinajstić information content (AvgIpc) is 2.51. The Hall–Kier alpha value is -1.36. The van der Waals surface area contributed by atoms with Gasteiger partial charge < -0.3 is 10.2 Å². The Kier molecular flexibility index (Phi) is 3.24. The van der Waals surface area contributed by atoms with E-state index in [2.05, 4.69) is 15.5 Å². The number of carbonyl (C=O) groups excluding carboxylic acids is 1. The highest BCUT2D eigenvalue weighted by Gasteiger charge is 2.22. The summed E-state index contributed by atoms with van der Waals surface area (Å²) in [7, 11) is 0. The van der Waals surface area contributed by atoms with Crippen LogP contribution < -0.4 is 5.32 Å². The summed E-state index contributed by atoms with van der Waals surface area (Å²) < 4.78 is 0. The number of hydrogen-bond donors (Lipinski definition) is 2. The molecule has 1 aromatic heterocycles. The van der Waals surface area contributed by atoms with Gasteiger partial charge in [0, 0.05) is 25.3 Å². The Morgan fingerprint density at radius 1 is 1.31 bits per heavy atom. The van der Waals surface area contributed by atoms with Gasteiger partial charge in [0.2, 0.25) is 0 Å². The topological polar surface area (TPSA) is 61.0 Å². The second-order valence-electron chi connectivity index (χ2n) is 4.20. The number of carbonyl (C=O) groups is 1. The van der Waals surface area contributed by atoms with E-state index in [9.17, 15) is 4.79 Å². The molecule has 0 spiro atoms. The summed E-state index contributed by atoms with van der Waals surface area (Å²) in [6.07, 6.45) is 1.02. The summed E-state index contributed by atoms with van der Waals surface area (Å²) in [5.74, 6) is 0.104. The van der Waals surface area contributed by atoms with Crippen LogP contribution in [-0.4, -0.2) is 47.2 Å². The van der Waals surface area contributed by atoms with Crippen LogP contribution in [0.1, 0.15) is 28.2 Å². The van der Waals surface area contributed by atoms with Gasteiger partial charge in [-0.25, -0.2) is 0 Å². The number of aromatic nitrogens is 2. The predicted molar refractivity (Wildman–Crippen MR) is 61.5 cm³/mol. The number of aromatic amines is 1. The molecule has 2 N–H and O–H groups in total. The van der Waals surface area contributed by atoms with E-state index in [1.165, 1.54) is 0 Å². The number of rotatable bonds is 1. The molecule has 5 heteroatoms. The van der Waals surface area contributed by atoms with Crippen molar-refractivity contribution >= 4 is 5.91 Å². The molecular weight excluding hydrogens is 204 g/mol. The van der Waals surface area contributed by atoms with Gasteiger partial charge in [-0.3, -0.25) is 9.89 Å². The summed E-state index contributed by atoms with van der Waals surface area (Å²) in [6.45, 7) is 7.24. The third-order valence-electron chi connectivity index (χ3n) is 2.97. The van der Waals surface area contributed by atoms with Gasteiger partial charge in [0.05, 0.1) is 11.3 Å². The zero-order chi connectivity index (χ0) is 11.5. The number of nitrogens with zero attached hydrogens (tertiary/aromatic N) is 2. The normalized spacial score (nSPS) is 17.2. The van der Waals surface area contributed by atoms with Crippen molar-refractivity contribution in [3.05, 3.63) is 17.0 Å². The fraction of sp³-hybridized carbons (Fsp3) is 0.636. The maximum absolute atomic E-state index is 12.3. The minimum absolute atomic E-state index is 0.104. The van der Waals surface area contributed by atoms with E-state index in [-0.39, 0.29) is 5.91 Å². The van der Waals surface area contributed by atoms with E-state index >= 15 is 0 Å². The summed E-state index contributed by atoms with van der Waals surface area (Å²) in [5.41, 5.74) is 2.39. The molecule has 1 aliphatic rings. The molecule has 2 rings (SSSR count). The quantitative estimate of drug-likeness (QED) is 0.725. The van der Waals surface area contributed by atoms with Crippen LogP contribution >= 0.6 is 0 Å².